The maximum atomic E-state index is 12.1. The zero-order chi connectivity index (χ0) is 17.7. The Morgan fingerprint density at radius 3 is 2.64 bits per heavy atom. The summed E-state index contributed by atoms with van der Waals surface area (Å²) in [4.78, 5) is 4.24. The van der Waals surface area contributed by atoms with Crippen molar-refractivity contribution in [1.82, 2.24) is 14.9 Å². The van der Waals surface area contributed by atoms with E-state index < -0.39 is 10.0 Å². The summed E-state index contributed by atoms with van der Waals surface area (Å²) in [5.41, 5.74) is 2.90. The smallest absolute Gasteiger partial charge is 0.242 e. The third kappa shape index (κ3) is 4.98. The second kappa shape index (κ2) is 7.58. The van der Waals surface area contributed by atoms with E-state index >= 15 is 0 Å². The molecule has 0 aliphatic rings. The molecule has 1 N–H and O–H groups in total. The van der Waals surface area contributed by atoms with Gasteiger partial charge in [-0.25, -0.2) is 13.1 Å². The monoisotopic (exact) mass is 357 g/mol. The third-order valence-electron chi connectivity index (χ3n) is 3.69. The van der Waals surface area contributed by atoms with Crippen LogP contribution in [0.15, 0.2) is 59.1 Å². The molecule has 0 spiro atoms. The van der Waals surface area contributed by atoms with Gasteiger partial charge in [0, 0.05) is 5.56 Å². The highest BCUT2D eigenvalue weighted by atomic mass is 32.2. The zero-order valence-corrected chi connectivity index (χ0v) is 14.7. The van der Waals surface area contributed by atoms with Crippen molar-refractivity contribution in [2.45, 2.75) is 19.9 Å². The molecule has 7 heteroatoms. The van der Waals surface area contributed by atoms with E-state index in [-0.39, 0.29) is 18.2 Å². The molecular weight excluding hydrogens is 338 g/mol. The van der Waals surface area contributed by atoms with Crippen molar-refractivity contribution in [3.63, 3.8) is 0 Å². The van der Waals surface area contributed by atoms with E-state index in [1.54, 1.807) is 0 Å². The molecule has 0 aliphatic carbocycles. The summed E-state index contributed by atoms with van der Waals surface area (Å²) in [6, 6.07) is 17.2. The first-order valence-electron chi connectivity index (χ1n) is 7.93. The van der Waals surface area contributed by atoms with E-state index in [0.29, 0.717) is 12.2 Å². The standard InChI is InChI=1S/C18H19N3O3S/c1-14-6-5-9-16(12-14)18-20-17(24-21-18)13-19-25(22,23)11-10-15-7-3-2-4-8-15/h2-9,12,19H,10-11,13H2,1H3. The largest absolute Gasteiger partial charge is 0.338 e. The van der Waals surface area contributed by atoms with Crippen molar-refractivity contribution in [2.24, 2.45) is 0 Å². The van der Waals surface area contributed by atoms with E-state index in [2.05, 4.69) is 14.9 Å². The fraction of sp³-hybridized carbons (Fsp3) is 0.222. The molecule has 0 saturated carbocycles. The number of sulfonamides is 1. The number of benzene rings is 2. The minimum absolute atomic E-state index is 0.00981. The second-order valence-electron chi connectivity index (χ2n) is 5.76. The Bertz CT molecular complexity index is 937. The van der Waals surface area contributed by atoms with Gasteiger partial charge in [0.15, 0.2) is 0 Å². The molecule has 0 atom stereocenters. The molecule has 3 rings (SSSR count). The first kappa shape index (κ1) is 17.3. The summed E-state index contributed by atoms with van der Waals surface area (Å²) in [5, 5.41) is 3.90. The maximum absolute atomic E-state index is 12.1. The summed E-state index contributed by atoms with van der Waals surface area (Å²) in [5.74, 6) is 0.692. The van der Waals surface area contributed by atoms with Crippen LogP contribution in [0.5, 0.6) is 0 Å². The Morgan fingerprint density at radius 2 is 1.88 bits per heavy atom. The first-order chi connectivity index (χ1) is 12.0. The summed E-state index contributed by atoms with van der Waals surface area (Å²) in [6.45, 7) is 1.96. The molecule has 0 saturated heterocycles. The van der Waals surface area contributed by atoms with Crippen molar-refractivity contribution in [3.8, 4) is 11.4 Å². The van der Waals surface area contributed by atoms with Crippen molar-refractivity contribution in [3.05, 3.63) is 71.6 Å². The molecule has 0 amide bonds. The summed E-state index contributed by atoms with van der Waals surface area (Å²) in [6.07, 6.45) is 0.453. The fourth-order valence-electron chi connectivity index (χ4n) is 2.37. The van der Waals surface area contributed by atoms with Gasteiger partial charge in [-0.15, -0.1) is 0 Å². The highest BCUT2D eigenvalue weighted by Gasteiger charge is 2.14. The van der Waals surface area contributed by atoms with Gasteiger partial charge < -0.3 is 4.52 Å². The van der Waals surface area contributed by atoms with Gasteiger partial charge >= 0.3 is 0 Å². The van der Waals surface area contributed by atoms with Crippen LogP contribution < -0.4 is 4.72 Å². The molecule has 6 nitrogen and oxygen atoms in total. The predicted molar refractivity (Wildman–Crippen MR) is 95.2 cm³/mol. The van der Waals surface area contributed by atoms with Crippen LogP contribution in [0.3, 0.4) is 0 Å². The lowest BCUT2D eigenvalue weighted by atomic mass is 10.1. The number of rotatable bonds is 7. The van der Waals surface area contributed by atoms with E-state index in [4.69, 9.17) is 4.52 Å². The second-order valence-corrected chi connectivity index (χ2v) is 7.68. The molecule has 3 aromatic rings. The average molecular weight is 357 g/mol. The molecule has 0 unspecified atom stereocenters. The number of aryl methyl sites for hydroxylation is 2. The van der Waals surface area contributed by atoms with Crippen molar-refractivity contribution < 1.29 is 12.9 Å². The normalized spacial score (nSPS) is 11.6. The minimum Gasteiger partial charge on any atom is -0.338 e. The van der Waals surface area contributed by atoms with Gasteiger partial charge in [0.1, 0.15) is 0 Å². The fourth-order valence-corrected chi connectivity index (χ4v) is 3.36. The number of nitrogens with zero attached hydrogens (tertiary/aromatic N) is 2. The molecule has 0 radical (unpaired) electrons. The van der Waals surface area contributed by atoms with Crippen molar-refractivity contribution in [1.29, 1.82) is 0 Å². The van der Waals surface area contributed by atoms with Crippen LogP contribution in [-0.2, 0) is 23.0 Å². The van der Waals surface area contributed by atoms with Gasteiger partial charge in [0.25, 0.3) is 0 Å². The van der Waals surface area contributed by atoms with Crippen LogP contribution in [0.2, 0.25) is 0 Å². The number of aromatic nitrogens is 2. The van der Waals surface area contributed by atoms with Crippen LogP contribution in [0.1, 0.15) is 17.0 Å². The van der Waals surface area contributed by atoms with E-state index in [0.717, 1.165) is 16.7 Å². The van der Waals surface area contributed by atoms with Crippen molar-refractivity contribution >= 4 is 10.0 Å². The van der Waals surface area contributed by atoms with Crippen LogP contribution in [0.4, 0.5) is 0 Å². The Balaban J connectivity index is 1.58. The van der Waals surface area contributed by atoms with Gasteiger partial charge in [0.05, 0.1) is 12.3 Å². The van der Waals surface area contributed by atoms with Crippen LogP contribution in [0, 0.1) is 6.92 Å². The van der Waals surface area contributed by atoms with Gasteiger partial charge in [-0.05, 0) is 25.0 Å². The number of hydrogen-bond acceptors (Lipinski definition) is 5. The van der Waals surface area contributed by atoms with Crippen LogP contribution in [-0.4, -0.2) is 24.3 Å². The van der Waals surface area contributed by atoms with Gasteiger partial charge in [-0.3, -0.25) is 0 Å². The molecule has 25 heavy (non-hydrogen) atoms. The van der Waals surface area contributed by atoms with E-state index in [1.807, 2.05) is 61.5 Å². The first-order valence-corrected chi connectivity index (χ1v) is 9.58. The Kier molecular flexibility index (Phi) is 5.25. The van der Waals surface area contributed by atoms with Gasteiger partial charge in [0.2, 0.25) is 21.7 Å². The molecular formula is C18H19N3O3S. The lowest BCUT2D eigenvalue weighted by Gasteiger charge is -2.04. The highest BCUT2D eigenvalue weighted by molar-refractivity contribution is 7.89. The molecule has 0 bridgehead atoms. The average Bonchev–Trinajstić information content (AvgIpc) is 3.09. The molecule has 1 heterocycles. The molecule has 0 aliphatic heterocycles. The van der Waals surface area contributed by atoms with E-state index in [1.165, 1.54) is 0 Å². The zero-order valence-electron chi connectivity index (χ0n) is 13.8. The maximum Gasteiger partial charge on any atom is 0.242 e. The quantitative estimate of drug-likeness (QED) is 0.703. The Hall–Kier alpha value is -2.51. The highest BCUT2D eigenvalue weighted by Crippen LogP contribution is 2.16. The summed E-state index contributed by atoms with van der Waals surface area (Å²) in [7, 11) is -3.42. The Labute approximate surface area is 147 Å². The third-order valence-corrected chi connectivity index (χ3v) is 5.02. The lowest BCUT2D eigenvalue weighted by molar-refractivity contribution is 0.376. The molecule has 1 aromatic heterocycles. The Morgan fingerprint density at radius 1 is 1.08 bits per heavy atom. The van der Waals surface area contributed by atoms with E-state index in [9.17, 15) is 8.42 Å². The summed E-state index contributed by atoms with van der Waals surface area (Å²) < 4.78 is 31.8. The molecule has 130 valence electrons. The molecule has 0 fully saturated rings. The lowest BCUT2D eigenvalue weighted by Crippen LogP contribution is -2.27. The molecule has 2 aromatic carbocycles. The number of hydrogen-bond donors (Lipinski definition) is 1. The predicted octanol–water partition coefficient (Wildman–Crippen LogP) is 2.71. The summed E-state index contributed by atoms with van der Waals surface area (Å²) >= 11 is 0. The van der Waals surface area contributed by atoms with Gasteiger partial charge in [-0.1, -0.05) is 59.3 Å². The topological polar surface area (TPSA) is 85.1 Å². The van der Waals surface area contributed by atoms with Crippen LogP contribution >= 0.6 is 0 Å². The minimum atomic E-state index is -3.42. The SMILES string of the molecule is Cc1cccc(-c2noc(CNS(=O)(=O)CCc3ccccc3)n2)c1. The number of nitrogens with one attached hydrogen (secondary N) is 1. The van der Waals surface area contributed by atoms with Crippen molar-refractivity contribution in [2.75, 3.05) is 5.75 Å². The van der Waals surface area contributed by atoms with Gasteiger partial charge in [-0.2, -0.15) is 4.98 Å². The van der Waals surface area contributed by atoms with Crippen LogP contribution in [0.25, 0.3) is 11.4 Å².